The first-order valence-electron chi connectivity index (χ1n) is 9.07. The molecule has 1 aromatic carbocycles. The van der Waals surface area contributed by atoms with Crippen LogP contribution in [0.25, 0.3) is 11.0 Å². The Balaban J connectivity index is 1.90. The molecule has 4 rings (SSSR count). The SMILES string of the molecule is Cn1c(=O)n(C2CCC(O)NC2=O)c2ccc(Cl)c(C3CCNCC3)c21. The molecule has 2 saturated heterocycles. The molecule has 2 unspecified atom stereocenters. The van der Waals surface area contributed by atoms with E-state index in [2.05, 4.69) is 10.6 Å². The molecule has 2 aliphatic heterocycles. The summed E-state index contributed by atoms with van der Waals surface area (Å²) in [6.45, 7) is 1.85. The third kappa shape index (κ3) is 2.74. The summed E-state index contributed by atoms with van der Waals surface area (Å²) in [7, 11) is 1.73. The molecule has 0 radical (unpaired) electrons. The molecule has 7 nitrogen and oxygen atoms in total. The largest absolute Gasteiger partial charge is 0.374 e. The smallest absolute Gasteiger partial charge is 0.329 e. The second-order valence-corrected chi connectivity index (χ2v) is 7.59. The minimum atomic E-state index is -0.843. The number of aliphatic hydroxyl groups excluding tert-OH is 1. The summed E-state index contributed by atoms with van der Waals surface area (Å²) in [5.74, 6) is -0.0346. The number of amides is 1. The number of aryl methyl sites for hydroxylation is 1. The molecule has 2 aliphatic rings. The predicted octanol–water partition coefficient (Wildman–Crippen LogP) is 1.23. The molecule has 1 aromatic heterocycles. The first-order chi connectivity index (χ1) is 12.5. The molecule has 0 bridgehead atoms. The Bertz CT molecular complexity index is 913. The molecule has 8 heteroatoms. The van der Waals surface area contributed by atoms with E-state index in [1.165, 1.54) is 0 Å². The zero-order chi connectivity index (χ0) is 18.4. The fourth-order valence-electron chi connectivity index (χ4n) is 4.30. The van der Waals surface area contributed by atoms with Crippen molar-refractivity contribution in [1.29, 1.82) is 0 Å². The van der Waals surface area contributed by atoms with Gasteiger partial charge in [-0.3, -0.25) is 13.9 Å². The number of fused-ring (bicyclic) bond motifs is 1. The lowest BCUT2D eigenvalue weighted by atomic mass is 9.89. The number of halogens is 1. The second kappa shape index (κ2) is 6.72. The maximum atomic E-state index is 13.0. The minimum Gasteiger partial charge on any atom is -0.374 e. The summed E-state index contributed by atoms with van der Waals surface area (Å²) in [4.78, 5) is 25.4. The van der Waals surface area contributed by atoms with E-state index in [1.54, 1.807) is 16.2 Å². The van der Waals surface area contributed by atoms with Gasteiger partial charge in [-0.15, -0.1) is 0 Å². The van der Waals surface area contributed by atoms with Gasteiger partial charge in [-0.1, -0.05) is 11.6 Å². The quantitative estimate of drug-likeness (QED) is 0.733. The van der Waals surface area contributed by atoms with Gasteiger partial charge < -0.3 is 15.7 Å². The Morgan fingerprint density at radius 1 is 1.15 bits per heavy atom. The highest BCUT2D eigenvalue weighted by Gasteiger charge is 2.32. The van der Waals surface area contributed by atoms with Crippen molar-refractivity contribution in [2.45, 2.75) is 43.9 Å². The van der Waals surface area contributed by atoms with Gasteiger partial charge in [-0.2, -0.15) is 0 Å². The molecular weight excluding hydrogens is 356 g/mol. The van der Waals surface area contributed by atoms with E-state index in [1.807, 2.05) is 12.1 Å². The molecule has 0 aliphatic carbocycles. The van der Waals surface area contributed by atoms with Crippen molar-refractivity contribution >= 4 is 28.5 Å². The molecule has 140 valence electrons. The monoisotopic (exact) mass is 378 g/mol. The normalized spacial score (nSPS) is 24.8. The third-order valence-electron chi connectivity index (χ3n) is 5.61. The molecular formula is C18H23ClN4O3. The van der Waals surface area contributed by atoms with E-state index in [0.29, 0.717) is 17.9 Å². The van der Waals surface area contributed by atoms with Gasteiger partial charge in [0.25, 0.3) is 0 Å². The van der Waals surface area contributed by atoms with Crippen LogP contribution in [-0.2, 0) is 11.8 Å². The Morgan fingerprint density at radius 2 is 1.88 bits per heavy atom. The predicted molar refractivity (Wildman–Crippen MR) is 99.5 cm³/mol. The number of hydrogen-bond donors (Lipinski definition) is 3. The Labute approximate surface area is 155 Å². The molecule has 2 fully saturated rings. The van der Waals surface area contributed by atoms with Crippen LogP contribution in [0.4, 0.5) is 0 Å². The molecule has 1 amide bonds. The summed E-state index contributed by atoms with van der Waals surface area (Å²) >= 11 is 6.55. The van der Waals surface area contributed by atoms with E-state index in [9.17, 15) is 14.7 Å². The van der Waals surface area contributed by atoms with Gasteiger partial charge in [0.1, 0.15) is 12.3 Å². The molecule has 3 N–H and O–H groups in total. The highest BCUT2D eigenvalue weighted by Crippen LogP contribution is 2.37. The number of carbonyl (C=O) groups excluding carboxylic acids is 1. The molecule has 2 aromatic rings. The van der Waals surface area contributed by atoms with E-state index < -0.39 is 12.3 Å². The molecule has 26 heavy (non-hydrogen) atoms. The zero-order valence-corrected chi connectivity index (χ0v) is 15.4. The summed E-state index contributed by atoms with van der Waals surface area (Å²) in [5.41, 5.74) is 2.31. The highest BCUT2D eigenvalue weighted by atomic mass is 35.5. The second-order valence-electron chi connectivity index (χ2n) is 7.18. The van der Waals surface area contributed by atoms with Gasteiger partial charge in [0.05, 0.1) is 11.0 Å². The van der Waals surface area contributed by atoms with Crippen LogP contribution in [0.1, 0.15) is 43.2 Å². The topological polar surface area (TPSA) is 88.3 Å². The average molecular weight is 379 g/mol. The van der Waals surface area contributed by atoms with Gasteiger partial charge >= 0.3 is 5.69 Å². The number of benzene rings is 1. The van der Waals surface area contributed by atoms with E-state index in [-0.39, 0.29) is 17.5 Å². The van der Waals surface area contributed by atoms with Gasteiger partial charge in [0.15, 0.2) is 0 Å². The fraction of sp³-hybridized carbons (Fsp3) is 0.556. The van der Waals surface area contributed by atoms with E-state index in [4.69, 9.17) is 11.6 Å². The molecule has 0 saturated carbocycles. The van der Waals surface area contributed by atoms with Gasteiger partial charge in [-0.25, -0.2) is 4.79 Å². The standard InChI is InChI=1S/C18H23ClN4O3/c1-22-16-12(3-2-11(19)15(16)10-6-8-20-9-7-10)23(18(22)26)13-4-5-14(24)21-17(13)25/h2-3,10,13-14,20,24H,4-9H2,1H3,(H,21,25). The van der Waals surface area contributed by atoms with Crippen LogP contribution >= 0.6 is 11.6 Å². The number of carbonyl (C=O) groups is 1. The maximum Gasteiger partial charge on any atom is 0.329 e. The van der Waals surface area contributed by atoms with Crippen molar-refractivity contribution in [3.05, 3.63) is 33.2 Å². The summed E-state index contributed by atoms with van der Waals surface area (Å²) in [6.07, 6.45) is 1.94. The lowest BCUT2D eigenvalue weighted by Crippen LogP contribution is -2.46. The number of aliphatic hydroxyl groups is 1. The van der Waals surface area contributed by atoms with E-state index >= 15 is 0 Å². The Morgan fingerprint density at radius 3 is 2.58 bits per heavy atom. The van der Waals surface area contributed by atoms with Crippen molar-refractivity contribution in [1.82, 2.24) is 19.8 Å². The van der Waals surface area contributed by atoms with Crippen molar-refractivity contribution < 1.29 is 9.90 Å². The summed E-state index contributed by atoms with van der Waals surface area (Å²) in [6, 6.07) is 3.03. The first kappa shape index (κ1) is 17.6. The zero-order valence-electron chi connectivity index (χ0n) is 14.7. The van der Waals surface area contributed by atoms with Crippen LogP contribution in [0.5, 0.6) is 0 Å². The first-order valence-corrected chi connectivity index (χ1v) is 9.45. The van der Waals surface area contributed by atoms with Crippen molar-refractivity contribution in [3.63, 3.8) is 0 Å². The number of nitrogens with one attached hydrogen (secondary N) is 2. The molecule has 3 heterocycles. The molecule has 0 spiro atoms. The van der Waals surface area contributed by atoms with Gasteiger partial charge in [-0.05, 0) is 62.4 Å². The van der Waals surface area contributed by atoms with Crippen LogP contribution in [-0.4, -0.2) is 39.5 Å². The van der Waals surface area contributed by atoms with Gasteiger partial charge in [0.2, 0.25) is 5.91 Å². The fourth-order valence-corrected chi connectivity index (χ4v) is 4.61. The van der Waals surface area contributed by atoms with Crippen LogP contribution in [0.2, 0.25) is 5.02 Å². The number of imidazole rings is 1. The van der Waals surface area contributed by atoms with Crippen molar-refractivity contribution in [2.24, 2.45) is 7.05 Å². The van der Waals surface area contributed by atoms with Crippen LogP contribution in [0, 0.1) is 0 Å². The number of hydrogen-bond acceptors (Lipinski definition) is 4. The summed E-state index contributed by atoms with van der Waals surface area (Å²) < 4.78 is 3.16. The summed E-state index contributed by atoms with van der Waals surface area (Å²) in [5, 5.41) is 16.2. The maximum absolute atomic E-state index is 13.0. The Kier molecular flexibility index (Phi) is 4.54. The number of piperidine rings is 2. The van der Waals surface area contributed by atoms with Crippen molar-refractivity contribution in [2.75, 3.05) is 13.1 Å². The van der Waals surface area contributed by atoms with Gasteiger partial charge in [0, 0.05) is 12.1 Å². The number of nitrogens with zero attached hydrogens (tertiary/aromatic N) is 2. The van der Waals surface area contributed by atoms with Crippen LogP contribution in [0.3, 0.4) is 0 Å². The highest BCUT2D eigenvalue weighted by molar-refractivity contribution is 6.32. The van der Waals surface area contributed by atoms with Crippen LogP contribution in [0.15, 0.2) is 16.9 Å². The minimum absolute atomic E-state index is 0.228. The van der Waals surface area contributed by atoms with E-state index in [0.717, 1.165) is 42.5 Å². The number of rotatable bonds is 2. The lowest BCUT2D eigenvalue weighted by Gasteiger charge is -2.27. The lowest BCUT2D eigenvalue weighted by molar-refractivity contribution is -0.130. The third-order valence-corrected chi connectivity index (χ3v) is 5.94. The van der Waals surface area contributed by atoms with Crippen molar-refractivity contribution in [3.8, 4) is 0 Å². The molecule has 2 atom stereocenters. The van der Waals surface area contributed by atoms with Crippen LogP contribution < -0.4 is 16.3 Å². The number of aromatic nitrogens is 2. The Hall–Kier alpha value is -1.83. The average Bonchev–Trinajstić information content (AvgIpc) is 2.87.